The van der Waals surface area contributed by atoms with E-state index in [2.05, 4.69) is 14.6 Å². The molecule has 0 unspecified atom stereocenters. The molecule has 0 aliphatic heterocycles. The summed E-state index contributed by atoms with van der Waals surface area (Å²) in [6.45, 7) is 5.29. The van der Waals surface area contributed by atoms with Gasteiger partial charge in [-0.05, 0) is 38.5 Å². The van der Waals surface area contributed by atoms with Gasteiger partial charge in [0.25, 0.3) is 5.56 Å². The molecule has 4 rings (SSSR count). The third-order valence-electron chi connectivity index (χ3n) is 5.47. The number of fused-ring (bicyclic) bond motifs is 1. The van der Waals surface area contributed by atoms with Crippen LogP contribution in [-0.4, -0.2) is 43.4 Å². The Hall–Kier alpha value is -3.52. The molecule has 8 heteroatoms. The fourth-order valence-corrected chi connectivity index (χ4v) is 3.85. The summed E-state index contributed by atoms with van der Waals surface area (Å²) >= 11 is 0. The molecule has 160 valence electrons. The number of methoxy groups -OCH3 is 1. The zero-order valence-electron chi connectivity index (χ0n) is 17.9. The second-order valence-electron chi connectivity index (χ2n) is 7.51. The molecule has 4 aromatic rings. The summed E-state index contributed by atoms with van der Waals surface area (Å²) in [6, 6.07) is 11.4. The third kappa shape index (κ3) is 3.94. The average Bonchev–Trinajstić information content (AvgIpc) is 3.33. The van der Waals surface area contributed by atoms with E-state index < -0.39 is 0 Å². The molecule has 0 radical (unpaired) electrons. The van der Waals surface area contributed by atoms with E-state index in [0.717, 1.165) is 30.0 Å². The van der Waals surface area contributed by atoms with Crippen LogP contribution >= 0.6 is 0 Å². The first-order valence-corrected chi connectivity index (χ1v) is 10.2. The molecule has 0 saturated carbocycles. The standard InChI is InChI=1S/C23H25N5O3/c1-16-12-19(17(2)27(16)10-7-11-31-3)21(29)14-26-15-24-22-20(23(26)30)13-25-28(22)18-8-5-4-6-9-18/h4-6,8-9,12-13,15H,7,10-11,14H2,1-3H3. The molecule has 0 aliphatic carbocycles. The molecule has 0 fully saturated rings. The summed E-state index contributed by atoms with van der Waals surface area (Å²) in [6.07, 6.45) is 3.79. The van der Waals surface area contributed by atoms with E-state index in [0.29, 0.717) is 23.2 Å². The molecule has 3 aromatic heterocycles. The summed E-state index contributed by atoms with van der Waals surface area (Å²) in [5, 5.41) is 4.69. The predicted molar refractivity (Wildman–Crippen MR) is 118 cm³/mol. The first-order valence-electron chi connectivity index (χ1n) is 10.2. The fourth-order valence-electron chi connectivity index (χ4n) is 3.85. The van der Waals surface area contributed by atoms with Gasteiger partial charge in [0.2, 0.25) is 0 Å². The van der Waals surface area contributed by atoms with Crippen molar-refractivity contribution in [2.24, 2.45) is 0 Å². The molecule has 0 bridgehead atoms. The lowest BCUT2D eigenvalue weighted by molar-refractivity contribution is 0.0970. The van der Waals surface area contributed by atoms with Crippen molar-refractivity contribution in [2.75, 3.05) is 13.7 Å². The lowest BCUT2D eigenvalue weighted by Crippen LogP contribution is -2.25. The second-order valence-corrected chi connectivity index (χ2v) is 7.51. The summed E-state index contributed by atoms with van der Waals surface area (Å²) in [5.74, 6) is -0.121. The van der Waals surface area contributed by atoms with E-state index in [-0.39, 0.29) is 17.9 Å². The third-order valence-corrected chi connectivity index (χ3v) is 5.47. The van der Waals surface area contributed by atoms with Crippen molar-refractivity contribution in [3.05, 3.63) is 76.2 Å². The van der Waals surface area contributed by atoms with Crippen molar-refractivity contribution in [2.45, 2.75) is 33.4 Å². The van der Waals surface area contributed by atoms with Gasteiger partial charge in [0.05, 0.1) is 18.4 Å². The Morgan fingerprint density at radius 3 is 2.68 bits per heavy atom. The fraction of sp³-hybridized carbons (Fsp3) is 0.304. The summed E-state index contributed by atoms with van der Waals surface area (Å²) < 4.78 is 10.2. The summed E-state index contributed by atoms with van der Waals surface area (Å²) in [7, 11) is 1.68. The van der Waals surface area contributed by atoms with E-state index in [1.165, 1.54) is 17.1 Å². The first kappa shape index (κ1) is 20.7. The maximum atomic E-state index is 13.0. The van der Waals surface area contributed by atoms with Crippen molar-refractivity contribution in [3.63, 3.8) is 0 Å². The molecule has 1 aromatic carbocycles. The van der Waals surface area contributed by atoms with Crippen LogP contribution in [-0.2, 0) is 17.8 Å². The number of aryl methyl sites for hydroxylation is 1. The maximum absolute atomic E-state index is 13.0. The van der Waals surface area contributed by atoms with Crippen LogP contribution in [0.2, 0.25) is 0 Å². The zero-order chi connectivity index (χ0) is 22.0. The maximum Gasteiger partial charge on any atom is 0.264 e. The molecular weight excluding hydrogens is 394 g/mol. The van der Waals surface area contributed by atoms with Crippen LogP contribution in [0.1, 0.15) is 28.2 Å². The number of hydrogen-bond acceptors (Lipinski definition) is 5. The highest BCUT2D eigenvalue weighted by Crippen LogP contribution is 2.17. The Morgan fingerprint density at radius 1 is 1.16 bits per heavy atom. The Labute approximate surface area is 179 Å². The molecule has 0 spiro atoms. The van der Waals surface area contributed by atoms with Crippen LogP contribution in [0.3, 0.4) is 0 Å². The molecule has 0 N–H and O–H groups in total. The van der Waals surface area contributed by atoms with Gasteiger partial charge >= 0.3 is 0 Å². The smallest absolute Gasteiger partial charge is 0.264 e. The lowest BCUT2D eigenvalue weighted by Gasteiger charge is -2.09. The van der Waals surface area contributed by atoms with E-state index in [1.807, 2.05) is 50.2 Å². The first-order chi connectivity index (χ1) is 15.0. The van der Waals surface area contributed by atoms with Gasteiger partial charge in [-0.15, -0.1) is 0 Å². The van der Waals surface area contributed by atoms with Crippen LogP contribution < -0.4 is 5.56 Å². The van der Waals surface area contributed by atoms with Gasteiger partial charge in [0, 0.05) is 37.2 Å². The van der Waals surface area contributed by atoms with Gasteiger partial charge in [-0.2, -0.15) is 5.10 Å². The summed E-state index contributed by atoms with van der Waals surface area (Å²) in [5.41, 5.74) is 3.55. The normalized spacial score (nSPS) is 11.3. The number of nitrogens with zero attached hydrogens (tertiary/aromatic N) is 5. The highest BCUT2D eigenvalue weighted by molar-refractivity contribution is 5.97. The Bertz CT molecular complexity index is 1280. The van der Waals surface area contributed by atoms with Crippen molar-refractivity contribution in [1.82, 2.24) is 23.9 Å². The molecule has 0 atom stereocenters. The largest absolute Gasteiger partial charge is 0.385 e. The quantitative estimate of drug-likeness (QED) is 0.324. The number of ether oxygens (including phenoxy) is 1. The van der Waals surface area contributed by atoms with Crippen LogP contribution in [0, 0.1) is 13.8 Å². The van der Waals surface area contributed by atoms with Gasteiger partial charge in [0.1, 0.15) is 11.7 Å². The minimum Gasteiger partial charge on any atom is -0.385 e. The van der Waals surface area contributed by atoms with E-state index in [9.17, 15) is 9.59 Å². The Morgan fingerprint density at radius 2 is 1.94 bits per heavy atom. The predicted octanol–water partition coefficient (Wildman–Crippen LogP) is 2.92. The Balaban J connectivity index is 1.61. The molecule has 3 heterocycles. The van der Waals surface area contributed by atoms with Gasteiger partial charge in [-0.3, -0.25) is 14.2 Å². The molecular formula is C23H25N5O3. The van der Waals surface area contributed by atoms with Gasteiger partial charge in [-0.25, -0.2) is 9.67 Å². The molecule has 8 nitrogen and oxygen atoms in total. The number of benzene rings is 1. The van der Waals surface area contributed by atoms with Crippen molar-refractivity contribution >= 4 is 16.8 Å². The number of Topliss-reactive ketones (excluding diaryl/α,β-unsaturated/α-hetero) is 1. The van der Waals surface area contributed by atoms with Crippen molar-refractivity contribution in [1.29, 1.82) is 0 Å². The molecule has 0 saturated heterocycles. The van der Waals surface area contributed by atoms with Crippen molar-refractivity contribution < 1.29 is 9.53 Å². The molecule has 0 aliphatic rings. The minimum atomic E-state index is -0.283. The molecule has 0 amide bonds. The number of para-hydroxylation sites is 1. The van der Waals surface area contributed by atoms with Crippen LogP contribution in [0.25, 0.3) is 16.7 Å². The van der Waals surface area contributed by atoms with Gasteiger partial charge in [0.15, 0.2) is 11.4 Å². The second kappa shape index (κ2) is 8.69. The van der Waals surface area contributed by atoms with Crippen molar-refractivity contribution in [3.8, 4) is 5.69 Å². The average molecular weight is 419 g/mol. The Kier molecular flexibility index (Phi) is 5.81. The minimum absolute atomic E-state index is 0.0688. The lowest BCUT2D eigenvalue weighted by atomic mass is 10.1. The highest BCUT2D eigenvalue weighted by atomic mass is 16.5. The SMILES string of the molecule is COCCCn1c(C)cc(C(=O)Cn2cnc3c(cnn3-c3ccccc3)c2=O)c1C. The number of hydrogen-bond donors (Lipinski definition) is 0. The monoisotopic (exact) mass is 419 g/mol. The number of rotatable bonds is 8. The van der Waals surface area contributed by atoms with Gasteiger partial charge in [-0.1, -0.05) is 18.2 Å². The highest BCUT2D eigenvalue weighted by Gasteiger charge is 2.18. The van der Waals surface area contributed by atoms with E-state index in [4.69, 9.17) is 4.74 Å². The van der Waals surface area contributed by atoms with E-state index >= 15 is 0 Å². The zero-order valence-corrected chi connectivity index (χ0v) is 17.9. The number of aromatic nitrogens is 5. The number of carbonyl (C=O) groups is 1. The number of carbonyl (C=O) groups excluding carboxylic acids is 1. The van der Waals surface area contributed by atoms with E-state index in [1.54, 1.807) is 11.8 Å². The van der Waals surface area contributed by atoms with Crippen LogP contribution in [0.15, 0.2) is 53.7 Å². The number of ketones is 1. The topological polar surface area (TPSA) is 83.9 Å². The van der Waals surface area contributed by atoms with Crippen LogP contribution in [0.4, 0.5) is 0 Å². The van der Waals surface area contributed by atoms with Crippen LogP contribution in [0.5, 0.6) is 0 Å². The van der Waals surface area contributed by atoms with Gasteiger partial charge < -0.3 is 9.30 Å². The molecule has 31 heavy (non-hydrogen) atoms. The summed E-state index contributed by atoms with van der Waals surface area (Å²) in [4.78, 5) is 30.4.